The highest BCUT2D eigenvalue weighted by atomic mass is 32.1. The van der Waals surface area contributed by atoms with E-state index in [2.05, 4.69) is 0 Å². The number of thiophene rings is 1. The van der Waals surface area contributed by atoms with E-state index in [1.54, 1.807) is 0 Å². The largest absolute Gasteiger partial charge is 0.471 e. The van der Waals surface area contributed by atoms with Gasteiger partial charge >= 0.3 is 12.1 Å². The van der Waals surface area contributed by atoms with E-state index in [0.717, 1.165) is 20.9 Å². The molecule has 0 N–H and O–H groups in total. The molecule has 0 aliphatic carbocycles. The first-order valence-electron chi connectivity index (χ1n) is 7.75. The Labute approximate surface area is 145 Å². The van der Waals surface area contributed by atoms with E-state index < -0.39 is 12.1 Å². The van der Waals surface area contributed by atoms with Gasteiger partial charge in [0.25, 0.3) is 0 Å². The van der Waals surface area contributed by atoms with Crippen LogP contribution in [0.1, 0.15) is 21.9 Å². The van der Waals surface area contributed by atoms with Gasteiger partial charge < -0.3 is 14.4 Å². The standard InChI is InChI=1S/C17H14F3NO3S/c18-17(19,20)16(22)21-4-3-10-6-13-14(24-9-23-13)7-11(10)12(8-21)15-2-1-5-25-15/h1-2,5-7,12H,3-4,8-9H2. The summed E-state index contributed by atoms with van der Waals surface area (Å²) < 4.78 is 49.6. The third-order valence-corrected chi connectivity index (χ3v) is 5.47. The predicted octanol–water partition coefficient (Wildman–Crippen LogP) is 3.56. The maximum Gasteiger partial charge on any atom is 0.471 e. The average Bonchev–Trinajstić information content (AvgIpc) is 3.21. The molecule has 0 spiro atoms. The Morgan fingerprint density at radius 2 is 2.00 bits per heavy atom. The number of carbonyl (C=O) groups is 1. The van der Waals surface area contributed by atoms with Gasteiger partial charge in [-0.05, 0) is 41.1 Å². The molecule has 132 valence electrons. The lowest BCUT2D eigenvalue weighted by Crippen LogP contribution is -2.43. The van der Waals surface area contributed by atoms with Gasteiger partial charge in [-0.2, -0.15) is 13.2 Å². The van der Waals surface area contributed by atoms with E-state index in [4.69, 9.17) is 9.47 Å². The fourth-order valence-electron chi connectivity index (χ4n) is 3.30. The van der Waals surface area contributed by atoms with Crippen LogP contribution >= 0.6 is 11.3 Å². The molecule has 1 amide bonds. The van der Waals surface area contributed by atoms with Crippen LogP contribution in [0.2, 0.25) is 0 Å². The van der Waals surface area contributed by atoms with Gasteiger partial charge in [0.2, 0.25) is 6.79 Å². The number of halogens is 3. The van der Waals surface area contributed by atoms with Crippen molar-refractivity contribution in [2.45, 2.75) is 18.5 Å². The molecule has 0 bridgehead atoms. The Kier molecular flexibility index (Phi) is 3.87. The van der Waals surface area contributed by atoms with Crippen molar-refractivity contribution in [3.05, 3.63) is 45.6 Å². The summed E-state index contributed by atoms with van der Waals surface area (Å²) in [6.45, 7) is 0.152. The van der Waals surface area contributed by atoms with Crippen LogP contribution in [-0.4, -0.2) is 36.9 Å². The van der Waals surface area contributed by atoms with Gasteiger partial charge in [-0.25, -0.2) is 0 Å². The van der Waals surface area contributed by atoms with Crippen LogP contribution in [0.5, 0.6) is 11.5 Å². The van der Waals surface area contributed by atoms with Gasteiger partial charge in [-0.15, -0.1) is 11.3 Å². The quantitative estimate of drug-likeness (QED) is 0.772. The Morgan fingerprint density at radius 1 is 1.24 bits per heavy atom. The second-order valence-corrected chi connectivity index (χ2v) is 6.95. The second kappa shape index (κ2) is 5.94. The van der Waals surface area contributed by atoms with E-state index in [9.17, 15) is 18.0 Å². The number of rotatable bonds is 1. The minimum absolute atomic E-state index is 0.00843. The normalized spacial score (nSPS) is 19.5. The summed E-state index contributed by atoms with van der Waals surface area (Å²) >= 11 is 1.47. The van der Waals surface area contributed by atoms with Crippen LogP contribution in [0.4, 0.5) is 13.2 Å². The number of fused-ring (bicyclic) bond motifs is 2. The number of hydrogen-bond donors (Lipinski definition) is 0. The maximum atomic E-state index is 12.9. The van der Waals surface area contributed by atoms with Crippen molar-refractivity contribution in [3.63, 3.8) is 0 Å². The maximum absolute atomic E-state index is 12.9. The summed E-state index contributed by atoms with van der Waals surface area (Å²) in [4.78, 5) is 13.6. The zero-order chi connectivity index (χ0) is 17.6. The van der Waals surface area contributed by atoms with Gasteiger partial charge in [0, 0.05) is 23.9 Å². The van der Waals surface area contributed by atoms with Crippen LogP contribution in [0.15, 0.2) is 29.6 Å². The van der Waals surface area contributed by atoms with Crippen molar-refractivity contribution in [2.24, 2.45) is 0 Å². The number of amides is 1. The SMILES string of the molecule is O=C(N1CCc2cc3c(cc2C(c2cccs2)C1)OCO3)C(F)(F)F. The van der Waals surface area contributed by atoms with Gasteiger partial charge in [-0.1, -0.05) is 6.07 Å². The molecule has 1 unspecified atom stereocenters. The number of nitrogens with zero attached hydrogens (tertiary/aromatic N) is 1. The highest BCUT2D eigenvalue weighted by Crippen LogP contribution is 2.42. The summed E-state index contributed by atoms with van der Waals surface area (Å²) in [5, 5.41) is 1.88. The molecule has 2 aliphatic rings. The average molecular weight is 369 g/mol. The molecule has 0 saturated carbocycles. The van der Waals surface area contributed by atoms with E-state index in [1.807, 2.05) is 29.6 Å². The minimum Gasteiger partial charge on any atom is -0.454 e. The van der Waals surface area contributed by atoms with E-state index >= 15 is 0 Å². The second-order valence-electron chi connectivity index (χ2n) is 5.97. The zero-order valence-corrected chi connectivity index (χ0v) is 13.8. The summed E-state index contributed by atoms with van der Waals surface area (Å²) in [7, 11) is 0. The Balaban J connectivity index is 1.76. The van der Waals surface area contributed by atoms with Crippen LogP contribution < -0.4 is 9.47 Å². The molecule has 25 heavy (non-hydrogen) atoms. The summed E-state index contributed by atoms with van der Waals surface area (Å²) in [5.74, 6) is -0.921. The highest BCUT2D eigenvalue weighted by Gasteiger charge is 2.44. The Bertz CT molecular complexity index is 804. The zero-order valence-electron chi connectivity index (χ0n) is 13.0. The first-order valence-corrected chi connectivity index (χ1v) is 8.63. The molecule has 0 fully saturated rings. The van der Waals surface area contributed by atoms with Gasteiger partial charge in [0.1, 0.15) is 0 Å². The topological polar surface area (TPSA) is 38.8 Å². The van der Waals surface area contributed by atoms with Crippen molar-refractivity contribution in [1.82, 2.24) is 4.90 Å². The van der Waals surface area contributed by atoms with Gasteiger partial charge in [-0.3, -0.25) is 4.79 Å². The Morgan fingerprint density at radius 3 is 2.68 bits per heavy atom. The van der Waals surface area contributed by atoms with Gasteiger partial charge in [0.15, 0.2) is 11.5 Å². The lowest BCUT2D eigenvalue weighted by Gasteiger charge is -2.25. The monoisotopic (exact) mass is 369 g/mol. The van der Waals surface area contributed by atoms with E-state index in [0.29, 0.717) is 17.9 Å². The van der Waals surface area contributed by atoms with Gasteiger partial charge in [0.05, 0.1) is 0 Å². The number of alkyl halides is 3. The van der Waals surface area contributed by atoms with Crippen molar-refractivity contribution >= 4 is 17.2 Å². The summed E-state index contributed by atoms with van der Waals surface area (Å²) in [6, 6.07) is 7.39. The first-order chi connectivity index (χ1) is 11.9. The van der Waals surface area contributed by atoms with E-state index in [1.165, 1.54) is 11.3 Å². The Hall–Kier alpha value is -2.22. The summed E-state index contributed by atoms with van der Waals surface area (Å²) in [6.07, 6.45) is -4.53. The summed E-state index contributed by atoms with van der Waals surface area (Å²) in [5.41, 5.74) is 1.78. The molecule has 4 nitrogen and oxygen atoms in total. The van der Waals surface area contributed by atoms with Crippen molar-refractivity contribution < 1.29 is 27.4 Å². The van der Waals surface area contributed by atoms with Crippen LogP contribution in [0.25, 0.3) is 0 Å². The fraction of sp³-hybridized carbons (Fsp3) is 0.353. The minimum atomic E-state index is -4.87. The first kappa shape index (κ1) is 16.3. The fourth-order valence-corrected chi connectivity index (χ4v) is 4.14. The molecule has 8 heteroatoms. The molecule has 2 aromatic rings. The van der Waals surface area contributed by atoms with E-state index in [-0.39, 0.29) is 25.8 Å². The van der Waals surface area contributed by atoms with Crippen LogP contribution in [0, 0.1) is 0 Å². The molecule has 1 atom stereocenters. The number of hydrogen-bond acceptors (Lipinski definition) is 4. The van der Waals surface area contributed by atoms with Crippen LogP contribution in [-0.2, 0) is 11.2 Å². The lowest BCUT2D eigenvalue weighted by molar-refractivity contribution is -0.185. The predicted molar refractivity (Wildman–Crippen MR) is 85.1 cm³/mol. The molecular formula is C17H14F3NO3S. The molecule has 1 aromatic heterocycles. The molecular weight excluding hydrogens is 355 g/mol. The number of carbonyl (C=O) groups excluding carboxylic acids is 1. The van der Waals surface area contributed by atoms with Crippen LogP contribution in [0.3, 0.4) is 0 Å². The smallest absolute Gasteiger partial charge is 0.454 e. The molecule has 2 aliphatic heterocycles. The third-order valence-electron chi connectivity index (χ3n) is 4.48. The highest BCUT2D eigenvalue weighted by molar-refractivity contribution is 7.10. The number of ether oxygens (including phenoxy) is 2. The molecule has 3 heterocycles. The number of benzene rings is 1. The lowest BCUT2D eigenvalue weighted by atomic mass is 9.92. The third kappa shape index (κ3) is 2.95. The van der Waals surface area contributed by atoms with Crippen molar-refractivity contribution in [3.8, 4) is 11.5 Å². The molecule has 4 rings (SSSR count). The molecule has 0 saturated heterocycles. The molecule has 0 radical (unpaired) electrons. The van der Waals surface area contributed by atoms with Crippen molar-refractivity contribution in [1.29, 1.82) is 0 Å². The van der Waals surface area contributed by atoms with Crippen molar-refractivity contribution in [2.75, 3.05) is 19.9 Å². The molecule has 1 aromatic carbocycles.